The van der Waals surface area contributed by atoms with Crippen LogP contribution in [0.4, 0.5) is 0 Å². The van der Waals surface area contributed by atoms with Crippen molar-refractivity contribution >= 4 is 11.6 Å². The van der Waals surface area contributed by atoms with Gasteiger partial charge in [-0.25, -0.2) is 0 Å². The van der Waals surface area contributed by atoms with Gasteiger partial charge in [0, 0.05) is 5.02 Å². The van der Waals surface area contributed by atoms with Gasteiger partial charge in [0.25, 0.3) is 0 Å². The van der Waals surface area contributed by atoms with Crippen molar-refractivity contribution in [1.82, 2.24) is 5.32 Å². The second-order valence-corrected chi connectivity index (χ2v) is 4.83. The Labute approximate surface area is 102 Å². The molecule has 0 atom stereocenters. The monoisotopic (exact) mass is 239 g/mol. The van der Waals surface area contributed by atoms with Crippen LogP contribution in [-0.4, -0.2) is 20.2 Å². The van der Waals surface area contributed by atoms with E-state index >= 15 is 0 Å². The zero-order valence-electron chi connectivity index (χ0n) is 9.63. The molecule has 3 heteroatoms. The van der Waals surface area contributed by atoms with E-state index < -0.39 is 0 Å². The minimum Gasteiger partial charge on any atom is -0.497 e. The average Bonchev–Trinajstić information content (AvgIpc) is 2.29. The van der Waals surface area contributed by atoms with Crippen LogP contribution in [0.25, 0.3) is 0 Å². The van der Waals surface area contributed by atoms with Gasteiger partial charge in [0.05, 0.1) is 7.11 Å². The van der Waals surface area contributed by atoms with E-state index in [1.165, 1.54) is 18.4 Å². The van der Waals surface area contributed by atoms with Gasteiger partial charge in [-0.1, -0.05) is 11.6 Å². The molecule has 0 aliphatic carbocycles. The van der Waals surface area contributed by atoms with E-state index in [1.807, 2.05) is 12.1 Å². The van der Waals surface area contributed by atoms with Crippen molar-refractivity contribution in [3.05, 3.63) is 28.8 Å². The van der Waals surface area contributed by atoms with Crippen LogP contribution in [0, 0.1) is 5.92 Å². The molecule has 1 aromatic rings. The highest BCUT2D eigenvalue weighted by Gasteiger charge is 2.14. The molecule has 16 heavy (non-hydrogen) atoms. The second kappa shape index (κ2) is 5.55. The van der Waals surface area contributed by atoms with Crippen LogP contribution in [0.5, 0.6) is 5.75 Å². The summed E-state index contributed by atoms with van der Waals surface area (Å²) in [6, 6.07) is 5.99. The molecule has 1 N–H and O–H groups in total. The normalized spacial score (nSPS) is 17.4. The molecule has 1 aliphatic heterocycles. The Hall–Kier alpha value is -0.730. The van der Waals surface area contributed by atoms with E-state index in [0.717, 1.165) is 36.2 Å². The molecule has 1 fully saturated rings. The van der Waals surface area contributed by atoms with Crippen molar-refractivity contribution < 1.29 is 4.74 Å². The quantitative estimate of drug-likeness (QED) is 0.876. The molecule has 1 aromatic carbocycles. The lowest BCUT2D eigenvalue weighted by Crippen LogP contribution is -2.28. The first-order valence-electron chi connectivity index (χ1n) is 5.82. The van der Waals surface area contributed by atoms with E-state index in [1.54, 1.807) is 7.11 Å². The number of rotatable bonds is 3. The van der Waals surface area contributed by atoms with Gasteiger partial charge in [-0.05, 0) is 62.0 Å². The number of methoxy groups -OCH3 is 1. The molecule has 1 aliphatic rings. The summed E-state index contributed by atoms with van der Waals surface area (Å²) < 4.78 is 5.23. The summed E-state index contributed by atoms with van der Waals surface area (Å²) in [4.78, 5) is 0. The molecule has 1 saturated heterocycles. The molecule has 0 saturated carbocycles. The second-order valence-electron chi connectivity index (χ2n) is 4.40. The molecule has 0 radical (unpaired) electrons. The van der Waals surface area contributed by atoms with E-state index in [2.05, 4.69) is 11.4 Å². The predicted molar refractivity (Wildman–Crippen MR) is 67.3 cm³/mol. The minimum atomic E-state index is 0.767. The third-order valence-electron chi connectivity index (χ3n) is 3.15. The summed E-state index contributed by atoms with van der Waals surface area (Å²) in [6.45, 7) is 2.28. The Morgan fingerprint density at radius 1 is 1.31 bits per heavy atom. The van der Waals surface area contributed by atoms with Crippen LogP contribution < -0.4 is 10.1 Å². The molecular weight excluding hydrogens is 222 g/mol. The van der Waals surface area contributed by atoms with E-state index in [0.29, 0.717) is 0 Å². The minimum absolute atomic E-state index is 0.767. The Kier molecular flexibility index (Phi) is 4.08. The van der Waals surface area contributed by atoms with Crippen LogP contribution in [0.2, 0.25) is 5.02 Å². The van der Waals surface area contributed by atoms with Gasteiger partial charge in [0.1, 0.15) is 5.75 Å². The summed E-state index contributed by atoms with van der Waals surface area (Å²) in [5.41, 5.74) is 1.29. The zero-order valence-corrected chi connectivity index (χ0v) is 10.4. The predicted octanol–water partition coefficient (Wildman–Crippen LogP) is 2.89. The third kappa shape index (κ3) is 3.13. The van der Waals surface area contributed by atoms with Gasteiger partial charge < -0.3 is 10.1 Å². The van der Waals surface area contributed by atoms with E-state index in [4.69, 9.17) is 16.3 Å². The fourth-order valence-electron chi connectivity index (χ4n) is 2.28. The summed E-state index contributed by atoms with van der Waals surface area (Å²) in [6.07, 6.45) is 3.63. The zero-order chi connectivity index (χ0) is 11.4. The molecule has 0 spiro atoms. The van der Waals surface area contributed by atoms with Crippen LogP contribution in [0.1, 0.15) is 18.4 Å². The van der Waals surface area contributed by atoms with E-state index in [9.17, 15) is 0 Å². The van der Waals surface area contributed by atoms with Gasteiger partial charge in [0.15, 0.2) is 0 Å². The lowest BCUT2D eigenvalue weighted by molar-refractivity contribution is 0.371. The highest BCUT2D eigenvalue weighted by atomic mass is 35.5. The van der Waals surface area contributed by atoms with Crippen molar-refractivity contribution in [2.75, 3.05) is 20.2 Å². The molecule has 1 heterocycles. The van der Waals surface area contributed by atoms with Gasteiger partial charge >= 0.3 is 0 Å². The molecule has 0 amide bonds. The van der Waals surface area contributed by atoms with Crippen molar-refractivity contribution in [3.63, 3.8) is 0 Å². The van der Waals surface area contributed by atoms with Crippen molar-refractivity contribution in [2.45, 2.75) is 19.3 Å². The number of hydrogen-bond donors (Lipinski definition) is 1. The van der Waals surface area contributed by atoms with Gasteiger partial charge in [-0.2, -0.15) is 0 Å². The molecule has 2 rings (SSSR count). The first kappa shape index (κ1) is 11.7. The maximum absolute atomic E-state index is 6.05. The number of piperidine rings is 1. The van der Waals surface area contributed by atoms with Crippen molar-refractivity contribution in [1.29, 1.82) is 0 Å². The van der Waals surface area contributed by atoms with Crippen molar-refractivity contribution in [2.24, 2.45) is 5.92 Å². The summed E-state index contributed by atoms with van der Waals surface area (Å²) in [7, 11) is 1.68. The number of nitrogens with one attached hydrogen (secondary N) is 1. The Bertz CT molecular complexity index is 348. The highest BCUT2D eigenvalue weighted by molar-refractivity contribution is 6.30. The fraction of sp³-hybridized carbons (Fsp3) is 0.538. The molecular formula is C13H18ClNO. The first-order chi connectivity index (χ1) is 7.78. The van der Waals surface area contributed by atoms with Crippen LogP contribution >= 0.6 is 11.6 Å². The number of hydrogen-bond acceptors (Lipinski definition) is 2. The maximum atomic E-state index is 6.05. The third-order valence-corrected chi connectivity index (χ3v) is 3.37. The largest absolute Gasteiger partial charge is 0.497 e. The van der Waals surface area contributed by atoms with Crippen LogP contribution in [0.15, 0.2) is 18.2 Å². The summed E-state index contributed by atoms with van der Waals surface area (Å²) in [5.74, 6) is 1.64. The lowest BCUT2D eigenvalue weighted by atomic mass is 9.91. The van der Waals surface area contributed by atoms with E-state index in [-0.39, 0.29) is 0 Å². The number of ether oxygens (including phenoxy) is 1. The fourth-order valence-corrected chi connectivity index (χ4v) is 2.52. The average molecular weight is 240 g/mol. The van der Waals surface area contributed by atoms with Gasteiger partial charge in [0.2, 0.25) is 0 Å². The standard InChI is InChI=1S/C13H18ClNO/c1-16-13-8-11(7-12(14)9-13)6-10-2-4-15-5-3-10/h7-10,15H,2-6H2,1H3. The van der Waals surface area contributed by atoms with Crippen molar-refractivity contribution in [3.8, 4) is 5.75 Å². The lowest BCUT2D eigenvalue weighted by Gasteiger charge is -2.22. The highest BCUT2D eigenvalue weighted by Crippen LogP contribution is 2.25. The number of benzene rings is 1. The molecule has 88 valence electrons. The van der Waals surface area contributed by atoms with Gasteiger partial charge in [-0.15, -0.1) is 0 Å². The smallest absolute Gasteiger partial charge is 0.120 e. The number of halogens is 1. The Morgan fingerprint density at radius 3 is 2.75 bits per heavy atom. The summed E-state index contributed by atoms with van der Waals surface area (Å²) in [5, 5.41) is 4.15. The summed E-state index contributed by atoms with van der Waals surface area (Å²) >= 11 is 6.05. The molecule has 0 aromatic heterocycles. The topological polar surface area (TPSA) is 21.3 Å². The Balaban J connectivity index is 2.04. The molecule has 0 unspecified atom stereocenters. The molecule has 2 nitrogen and oxygen atoms in total. The Morgan fingerprint density at radius 2 is 2.06 bits per heavy atom. The van der Waals surface area contributed by atoms with Gasteiger partial charge in [-0.3, -0.25) is 0 Å². The maximum Gasteiger partial charge on any atom is 0.120 e. The van der Waals surface area contributed by atoms with Crippen LogP contribution in [-0.2, 0) is 6.42 Å². The SMILES string of the molecule is COc1cc(Cl)cc(CC2CCNCC2)c1. The molecule has 0 bridgehead atoms. The van der Waals surface area contributed by atoms with Crippen LogP contribution in [0.3, 0.4) is 0 Å². The first-order valence-corrected chi connectivity index (χ1v) is 6.20.